The van der Waals surface area contributed by atoms with E-state index in [4.69, 9.17) is 10.5 Å². The van der Waals surface area contributed by atoms with Crippen molar-refractivity contribution < 1.29 is 9.53 Å². The molecule has 2 aliphatic heterocycles. The number of nitrogens with zero attached hydrogens (tertiary/aromatic N) is 1. The van der Waals surface area contributed by atoms with Gasteiger partial charge in [0.2, 0.25) is 5.91 Å². The lowest BCUT2D eigenvalue weighted by Crippen LogP contribution is -2.48. The van der Waals surface area contributed by atoms with E-state index in [9.17, 15) is 4.79 Å². The average molecular weight is 240 g/mol. The Morgan fingerprint density at radius 3 is 2.76 bits per heavy atom. The van der Waals surface area contributed by atoms with Crippen LogP contribution in [0.25, 0.3) is 0 Å². The van der Waals surface area contributed by atoms with Gasteiger partial charge in [-0.05, 0) is 38.1 Å². The van der Waals surface area contributed by atoms with Gasteiger partial charge in [-0.1, -0.05) is 6.92 Å². The molecule has 4 nitrogen and oxygen atoms in total. The molecular weight excluding hydrogens is 216 g/mol. The number of carbonyl (C=O) groups is 1. The Kier molecular flexibility index (Phi) is 4.05. The van der Waals surface area contributed by atoms with Crippen LogP contribution in [0.4, 0.5) is 0 Å². The molecule has 0 radical (unpaired) electrons. The van der Waals surface area contributed by atoms with Crippen LogP contribution in [0, 0.1) is 17.8 Å². The predicted molar refractivity (Wildman–Crippen MR) is 66.4 cm³/mol. The zero-order chi connectivity index (χ0) is 12.4. The minimum Gasteiger partial charge on any atom is -0.378 e. The fourth-order valence-electron chi connectivity index (χ4n) is 2.95. The third-order valence-corrected chi connectivity index (χ3v) is 4.42. The zero-order valence-electron chi connectivity index (χ0n) is 10.9. The van der Waals surface area contributed by atoms with E-state index in [-0.39, 0.29) is 17.9 Å². The first kappa shape index (κ1) is 12.8. The van der Waals surface area contributed by atoms with Crippen molar-refractivity contribution in [1.82, 2.24) is 4.90 Å². The van der Waals surface area contributed by atoms with Gasteiger partial charge in [0.1, 0.15) is 0 Å². The van der Waals surface area contributed by atoms with Crippen molar-refractivity contribution in [1.29, 1.82) is 0 Å². The van der Waals surface area contributed by atoms with Crippen molar-refractivity contribution in [2.24, 2.45) is 23.5 Å². The minimum absolute atomic E-state index is 0.0711. The number of nitrogens with two attached hydrogens (primary N) is 1. The zero-order valence-corrected chi connectivity index (χ0v) is 10.9. The number of piperidine rings is 1. The summed E-state index contributed by atoms with van der Waals surface area (Å²) in [7, 11) is 0. The highest BCUT2D eigenvalue weighted by Crippen LogP contribution is 2.27. The van der Waals surface area contributed by atoms with Crippen molar-refractivity contribution in [2.75, 3.05) is 26.2 Å². The largest absolute Gasteiger partial charge is 0.378 e. The van der Waals surface area contributed by atoms with Crippen LogP contribution in [0.15, 0.2) is 0 Å². The lowest BCUT2D eigenvalue weighted by atomic mass is 9.86. The average Bonchev–Trinajstić information content (AvgIpc) is 2.75. The molecule has 0 bridgehead atoms. The van der Waals surface area contributed by atoms with Gasteiger partial charge in [0, 0.05) is 19.7 Å². The Morgan fingerprint density at radius 1 is 1.41 bits per heavy atom. The summed E-state index contributed by atoms with van der Waals surface area (Å²) in [6.45, 7) is 7.37. The van der Waals surface area contributed by atoms with Crippen molar-refractivity contribution in [2.45, 2.75) is 32.8 Å². The van der Waals surface area contributed by atoms with E-state index in [0.717, 1.165) is 32.5 Å². The lowest BCUT2D eigenvalue weighted by Gasteiger charge is -2.38. The van der Waals surface area contributed by atoms with Gasteiger partial charge in [-0.3, -0.25) is 4.79 Å². The Morgan fingerprint density at radius 2 is 2.18 bits per heavy atom. The molecule has 2 fully saturated rings. The molecule has 2 saturated heterocycles. The van der Waals surface area contributed by atoms with E-state index in [1.165, 1.54) is 0 Å². The molecule has 4 unspecified atom stereocenters. The SMILES string of the molecule is CC1CCN(C(=O)C2CCOC2C)CC1CN. The molecule has 2 N–H and O–H groups in total. The molecule has 0 spiro atoms. The fraction of sp³-hybridized carbons (Fsp3) is 0.923. The van der Waals surface area contributed by atoms with Crippen LogP contribution in [0.2, 0.25) is 0 Å². The first-order valence-corrected chi connectivity index (χ1v) is 6.74. The number of likely N-dealkylation sites (tertiary alicyclic amines) is 1. The van der Waals surface area contributed by atoms with Crippen LogP contribution in [0.1, 0.15) is 26.7 Å². The molecule has 2 heterocycles. The van der Waals surface area contributed by atoms with E-state index in [1.807, 2.05) is 11.8 Å². The number of amides is 1. The summed E-state index contributed by atoms with van der Waals surface area (Å²) in [6.07, 6.45) is 2.03. The van der Waals surface area contributed by atoms with Gasteiger partial charge < -0.3 is 15.4 Å². The Balaban J connectivity index is 1.95. The van der Waals surface area contributed by atoms with Crippen LogP contribution < -0.4 is 5.73 Å². The summed E-state index contributed by atoms with van der Waals surface area (Å²) in [5.41, 5.74) is 5.77. The van der Waals surface area contributed by atoms with Gasteiger partial charge >= 0.3 is 0 Å². The third kappa shape index (κ3) is 2.63. The fourth-order valence-corrected chi connectivity index (χ4v) is 2.95. The number of rotatable bonds is 2. The molecule has 0 aliphatic carbocycles. The summed E-state index contributed by atoms with van der Waals surface area (Å²) < 4.78 is 5.48. The molecule has 1 amide bonds. The maximum Gasteiger partial charge on any atom is 0.228 e. The van der Waals surface area contributed by atoms with Gasteiger partial charge in [-0.25, -0.2) is 0 Å². The molecule has 0 saturated carbocycles. The Hall–Kier alpha value is -0.610. The quantitative estimate of drug-likeness (QED) is 0.778. The second-order valence-corrected chi connectivity index (χ2v) is 5.52. The molecule has 0 aromatic carbocycles. The van der Waals surface area contributed by atoms with Gasteiger partial charge in [-0.2, -0.15) is 0 Å². The molecular formula is C13H24N2O2. The summed E-state index contributed by atoms with van der Waals surface area (Å²) >= 11 is 0. The minimum atomic E-state index is 0.0711. The number of hydrogen-bond acceptors (Lipinski definition) is 3. The summed E-state index contributed by atoms with van der Waals surface area (Å²) in [5, 5.41) is 0. The van der Waals surface area contributed by atoms with E-state index in [2.05, 4.69) is 6.92 Å². The third-order valence-electron chi connectivity index (χ3n) is 4.42. The number of carbonyl (C=O) groups excluding carboxylic acids is 1. The number of hydrogen-bond donors (Lipinski definition) is 1. The van der Waals surface area contributed by atoms with Crippen molar-refractivity contribution in [3.05, 3.63) is 0 Å². The highest BCUT2D eigenvalue weighted by Gasteiger charge is 2.36. The molecule has 0 aromatic rings. The molecule has 4 atom stereocenters. The number of ether oxygens (including phenoxy) is 1. The summed E-state index contributed by atoms with van der Waals surface area (Å²) in [5.74, 6) is 1.45. The second kappa shape index (κ2) is 5.36. The molecule has 98 valence electrons. The van der Waals surface area contributed by atoms with Gasteiger partial charge in [-0.15, -0.1) is 0 Å². The van der Waals surface area contributed by atoms with Gasteiger partial charge in [0.05, 0.1) is 12.0 Å². The summed E-state index contributed by atoms with van der Waals surface area (Å²) in [6, 6.07) is 0. The highest BCUT2D eigenvalue weighted by molar-refractivity contribution is 5.79. The topological polar surface area (TPSA) is 55.6 Å². The normalized spacial score (nSPS) is 38.4. The molecule has 0 aromatic heterocycles. The summed E-state index contributed by atoms with van der Waals surface area (Å²) in [4.78, 5) is 14.4. The van der Waals surface area contributed by atoms with Crippen molar-refractivity contribution >= 4 is 5.91 Å². The van der Waals surface area contributed by atoms with Crippen LogP contribution in [-0.2, 0) is 9.53 Å². The molecule has 17 heavy (non-hydrogen) atoms. The van der Waals surface area contributed by atoms with Gasteiger partial charge in [0.15, 0.2) is 0 Å². The van der Waals surface area contributed by atoms with Crippen LogP contribution in [-0.4, -0.2) is 43.2 Å². The monoisotopic (exact) mass is 240 g/mol. The van der Waals surface area contributed by atoms with Crippen LogP contribution >= 0.6 is 0 Å². The Labute approximate surface area is 103 Å². The van der Waals surface area contributed by atoms with Crippen LogP contribution in [0.5, 0.6) is 0 Å². The second-order valence-electron chi connectivity index (χ2n) is 5.52. The van der Waals surface area contributed by atoms with E-state index < -0.39 is 0 Å². The Bertz CT molecular complexity index is 283. The van der Waals surface area contributed by atoms with Crippen LogP contribution in [0.3, 0.4) is 0 Å². The standard InChI is InChI=1S/C13H24N2O2/c1-9-3-5-15(8-11(9)7-14)13(16)12-4-6-17-10(12)2/h9-12H,3-8,14H2,1-2H3. The van der Waals surface area contributed by atoms with E-state index >= 15 is 0 Å². The van der Waals surface area contributed by atoms with Crippen molar-refractivity contribution in [3.63, 3.8) is 0 Å². The lowest BCUT2D eigenvalue weighted by molar-refractivity contribution is -0.139. The maximum atomic E-state index is 12.4. The molecule has 2 rings (SSSR count). The van der Waals surface area contributed by atoms with E-state index in [0.29, 0.717) is 18.4 Å². The van der Waals surface area contributed by atoms with E-state index in [1.54, 1.807) is 0 Å². The maximum absolute atomic E-state index is 12.4. The van der Waals surface area contributed by atoms with Gasteiger partial charge in [0.25, 0.3) is 0 Å². The molecule has 2 aliphatic rings. The van der Waals surface area contributed by atoms with Crippen molar-refractivity contribution in [3.8, 4) is 0 Å². The first-order chi connectivity index (χ1) is 8.13. The first-order valence-electron chi connectivity index (χ1n) is 6.74. The highest BCUT2D eigenvalue weighted by atomic mass is 16.5. The molecule has 4 heteroatoms. The predicted octanol–water partition coefficient (Wildman–Crippen LogP) is 0.855. The smallest absolute Gasteiger partial charge is 0.228 e.